The lowest BCUT2D eigenvalue weighted by molar-refractivity contribution is -0.122. The third-order valence-corrected chi connectivity index (χ3v) is 2.78. The van der Waals surface area contributed by atoms with E-state index in [0.717, 1.165) is 18.5 Å². The predicted octanol–water partition coefficient (Wildman–Crippen LogP) is 2.01. The zero-order chi connectivity index (χ0) is 14.3. The molecule has 5 heteroatoms. The van der Waals surface area contributed by atoms with Gasteiger partial charge in [-0.25, -0.2) is 4.39 Å². The molecule has 4 nitrogen and oxygen atoms in total. The highest BCUT2D eigenvalue weighted by molar-refractivity contribution is 5.77. The summed E-state index contributed by atoms with van der Waals surface area (Å²) in [5, 5.41) is 5.77. The lowest BCUT2D eigenvalue weighted by atomic mass is 10.1. The summed E-state index contributed by atoms with van der Waals surface area (Å²) in [5.41, 5.74) is 0.846. The largest absolute Gasteiger partial charge is 0.483 e. The first-order valence-corrected chi connectivity index (χ1v) is 6.44. The fraction of sp³-hybridized carbons (Fsp3) is 0.500. The van der Waals surface area contributed by atoms with E-state index in [0.29, 0.717) is 5.75 Å². The molecule has 1 unspecified atom stereocenters. The molecule has 0 aliphatic rings. The minimum absolute atomic E-state index is 0.0419. The van der Waals surface area contributed by atoms with Gasteiger partial charge < -0.3 is 15.4 Å². The van der Waals surface area contributed by atoms with Gasteiger partial charge in [0.25, 0.3) is 5.91 Å². The molecule has 0 fully saturated rings. The topological polar surface area (TPSA) is 50.4 Å². The van der Waals surface area contributed by atoms with Crippen LogP contribution in [0.2, 0.25) is 0 Å². The first-order chi connectivity index (χ1) is 9.08. The molecule has 1 atom stereocenters. The van der Waals surface area contributed by atoms with Crippen molar-refractivity contribution >= 4 is 5.91 Å². The van der Waals surface area contributed by atoms with Crippen LogP contribution < -0.4 is 15.4 Å². The molecule has 0 aliphatic carbocycles. The minimum Gasteiger partial charge on any atom is -0.483 e. The third kappa shape index (κ3) is 4.87. The molecule has 0 saturated carbocycles. The first-order valence-electron chi connectivity index (χ1n) is 6.44. The molecular formula is C14H21FN2O2. The van der Waals surface area contributed by atoms with E-state index >= 15 is 0 Å². The second-order valence-corrected chi connectivity index (χ2v) is 4.32. The Hall–Kier alpha value is -1.62. The van der Waals surface area contributed by atoms with Crippen molar-refractivity contribution < 1.29 is 13.9 Å². The molecule has 0 radical (unpaired) electrons. The predicted molar refractivity (Wildman–Crippen MR) is 72.7 cm³/mol. The summed E-state index contributed by atoms with van der Waals surface area (Å²) in [5.74, 6) is -0.220. The van der Waals surface area contributed by atoms with Gasteiger partial charge in [-0.2, -0.15) is 0 Å². The van der Waals surface area contributed by atoms with Crippen molar-refractivity contribution in [1.82, 2.24) is 10.6 Å². The molecule has 0 saturated heterocycles. The van der Waals surface area contributed by atoms with E-state index in [2.05, 4.69) is 17.6 Å². The maximum absolute atomic E-state index is 13.3. The monoisotopic (exact) mass is 268 g/mol. The number of nitrogens with one attached hydrogen (secondary N) is 2. The minimum atomic E-state index is -0.377. The van der Waals surface area contributed by atoms with Gasteiger partial charge in [-0.1, -0.05) is 13.0 Å². The third-order valence-electron chi connectivity index (χ3n) is 2.78. The molecular weight excluding hydrogens is 247 g/mol. The van der Waals surface area contributed by atoms with Gasteiger partial charge in [0, 0.05) is 24.7 Å². The Morgan fingerprint density at radius 3 is 2.84 bits per heavy atom. The van der Waals surface area contributed by atoms with Crippen LogP contribution in [0.25, 0.3) is 0 Å². The molecule has 0 bridgehead atoms. The van der Waals surface area contributed by atoms with Crippen molar-refractivity contribution in [2.45, 2.75) is 26.3 Å². The molecule has 0 heterocycles. The van der Waals surface area contributed by atoms with Crippen LogP contribution in [-0.2, 0) is 4.79 Å². The lowest BCUT2D eigenvalue weighted by Crippen LogP contribution is -2.26. The van der Waals surface area contributed by atoms with Crippen LogP contribution in [0.1, 0.15) is 31.9 Å². The fourth-order valence-electron chi connectivity index (χ4n) is 1.68. The zero-order valence-electron chi connectivity index (χ0n) is 11.6. The van der Waals surface area contributed by atoms with E-state index in [1.807, 2.05) is 6.92 Å². The number of benzene rings is 1. The Morgan fingerprint density at radius 2 is 2.21 bits per heavy atom. The quantitative estimate of drug-likeness (QED) is 0.795. The van der Waals surface area contributed by atoms with Crippen LogP contribution >= 0.6 is 0 Å². The fourth-order valence-corrected chi connectivity index (χ4v) is 1.68. The number of likely N-dealkylation sites (N-methyl/N-ethyl adjacent to an activating group) is 1. The maximum atomic E-state index is 13.3. The SMILES string of the molecule is CCCNC(C)c1ccc(F)cc1OCC(=O)NC. The van der Waals surface area contributed by atoms with E-state index in [-0.39, 0.29) is 24.4 Å². The van der Waals surface area contributed by atoms with Crippen molar-refractivity contribution in [2.24, 2.45) is 0 Å². The van der Waals surface area contributed by atoms with Gasteiger partial charge in [-0.05, 0) is 26.0 Å². The second kappa shape index (κ2) is 7.74. The van der Waals surface area contributed by atoms with Crippen molar-refractivity contribution in [3.8, 4) is 5.75 Å². The number of ether oxygens (including phenoxy) is 1. The van der Waals surface area contributed by atoms with Gasteiger partial charge in [0.1, 0.15) is 11.6 Å². The summed E-state index contributed by atoms with van der Waals surface area (Å²) < 4.78 is 18.6. The van der Waals surface area contributed by atoms with E-state index in [1.54, 1.807) is 6.07 Å². The smallest absolute Gasteiger partial charge is 0.257 e. The summed E-state index contributed by atoms with van der Waals surface area (Å²) >= 11 is 0. The Bertz CT molecular complexity index is 424. The summed E-state index contributed by atoms with van der Waals surface area (Å²) in [6.07, 6.45) is 1.01. The Kier molecular flexibility index (Phi) is 6.29. The molecule has 1 aromatic carbocycles. The second-order valence-electron chi connectivity index (χ2n) is 4.32. The van der Waals surface area contributed by atoms with E-state index < -0.39 is 0 Å². The molecule has 1 amide bonds. The van der Waals surface area contributed by atoms with Crippen molar-refractivity contribution in [1.29, 1.82) is 0 Å². The highest BCUT2D eigenvalue weighted by Gasteiger charge is 2.13. The van der Waals surface area contributed by atoms with E-state index in [1.165, 1.54) is 19.2 Å². The van der Waals surface area contributed by atoms with Crippen molar-refractivity contribution in [2.75, 3.05) is 20.2 Å². The number of carbonyl (C=O) groups is 1. The van der Waals surface area contributed by atoms with Crippen LogP contribution in [0.3, 0.4) is 0 Å². The molecule has 106 valence electrons. The van der Waals surface area contributed by atoms with Gasteiger partial charge in [0.2, 0.25) is 0 Å². The number of rotatable bonds is 7. The molecule has 2 N–H and O–H groups in total. The van der Waals surface area contributed by atoms with Crippen LogP contribution in [-0.4, -0.2) is 26.1 Å². The Morgan fingerprint density at radius 1 is 1.47 bits per heavy atom. The standard InChI is InChI=1S/C14H21FN2O2/c1-4-7-17-10(2)12-6-5-11(15)8-13(12)19-9-14(18)16-3/h5-6,8,10,17H,4,7,9H2,1-3H3,(H,16,18). The number of carbonyl (C=O) groups excluding carboxylic acids is 1. The van der Waals surface area contributed by atoms with Crippen LogP contribution in [0.15, 0.2) is 18.2 Å². The Labute approximate surface area is 113 Å². The van der Waals surface area contributed by atoms with Crippen LogP contribution in [0.5, 0.6) is 5.75 Å². The molecule has 0 aliphatic heterocycles. The van der Waals surface area contributed by atoms with Gasteiger partial charge in [0.05, 0.1) is 0 Å². The highest BCUT2D eigenvalue weighted by Crippen LogP contribution is 2.26. The summed E-state index contributed by atoms with van der Waals surface area (Å²) in [7, 11) is 1.53. The molecule has 0 aromatic heterocycles. The molecule has 0 spiro atoms. The van der Waals surface area contributed by atoms with Crippen LogP contribution in [0, 0.1) is 5.82 Å². The maximum Gasteiger partial charge on any atom is 0.257 e. The normalized spacial score (nSPS) is 12.0. The number of hydrogen-bond acceptors (Lipinski definition) is 3. The first kappa shape index (κ1) is 15.4. The highest BCUT2D eigenvalue weighted by atomic mass is 19.1. The van der Waals surface area contributed by atoms with Gasteiger partial charge >= 0.3 is 0 Å². The number of amides is 1. The summed E-state index contributed by atoms with van der Waals surface area (Å²) in [6.45, 7) is 4.81. The zero-order valence-corrected chi connectivity index (χ0v) is 11.6. The Balaban J connectivity index is 2.81. The van der Waals surface area contributed by atoms with Gasteiger partial charge in [-0.15, -0.1) is 0 Å². The van der Waals surface area contributed by atoms with E-state index in [9.17, 15) is 9.18 Å². The number of halogens is 1. The molecule has 1 aromatic rings. The van der Waals surface area contributed by atoms with Crippen molar-refractivity contribution in [3.05, 3.63) is 29.6 Å². The average molecular weight is 268 g/mol. The summed E-state index contributed by atoms with van der Waals surface area (Å²) in [6, 6.07) is 4.43. The number of hydrogen-bond donors (Lipinski definition) is 2. The van der Waals surface area contributed by atoms with Crippen LogP contribution in [0.4, 0.5) is 4.39 Å². The van der Waals surface area contributed by atoms with Crippen molar-refractivity contribution in [3.63, 3.8) is 0 Å². The molecule has 1 rings (SSSR count). The average Bonchev–Trinajstić information content (AvgIpc) is 2.42. The molecule has 19 heavy (non-hydrogen) atoms. The summed E-state index contributed by atoms with van der Waals surface area (Å²) in [4.78, 5) is 11.2. The van der Waals surface area contributed by atoms with E-state index in [4.69, 9.17) is 4.74 Å². The van der Waals surface area contributed by atoms with Gasteiger partial charge in [-0.3, -0.25) is 4.79 Å². The lowest BCUT2D eigenvalue weighted by Gasteiger charge is -2.18. The van der Waals surface area contributed by atoms with Gasteiger partial charge in [0.15, 0.2) is 6.61 Å².